The molecule has 4 amide bonds. The minimum absolute atomic E-state index is 0.204. The van der Waals surface area contributed by atoms with Gasteiger partial charge in [-0.05, 0) is 54.4 Å². The maximum absolute atomic E-state index is 13.7. The average molecular weight is 600 g/mol. The third-order valence-electron chi connectivity index (χ3n) is 7.28. The number of hydrogen-bond donors (Lipinski definition) is 2. The van der Waals surface area contributed by atoms with Crippen LogP contribution < -0.4 is 10.6 Å². The van der Waals surface area contributed by atoms with Crippen LogP contribution in [0.25, 0.3) is 0 Å². The summed E-state index contributed by atoms with van der Waals surface area (Å²) in [6, 6.07) is 9.60. The Morgan fingerprint density at radius 2 is 1.81 bits per heavy atom. The molecule has 0 radical (unpaired) electrons. The standard InChI is InChI=1S/C29H25F4N5O5/c1-17(29(31,32)33)38(14-18-4-6-20(30)7-5-18)25(40)15-37-16-43-28(26(37)41)23-9-8-21(11-19(23)12-24(28)39)35-27(42)36-22-3-2-10-34-13-22/h2-11,13,17H,12,14-16H2,1H3,(H2,35,36,42)/t17?,28-/m1/s1. The molecule has 1 aliphatic carbocycles. The number of nitrogens with zero attached hydrogens (tertiary/aromatic N) is 3. The smallest absolute Gasteiger partial charge is 0.332 e. The van der Waals surface area contributed by atoms with E-state index in [0.717, 1.165) is 24.0 Å². The molecule has 1 saturated heterocycles. The minimum atomic E-state index is -4.77. The minimum Gasteiger partial charge on any atom is -0.332 e. The summed E-state index contributed by atoms with van der Waals surface area (Å²) in [7, 11) is 0. The molecule has 1 fully saturated rings. The number of amides is 4. The maximum Gasteiger partial charge on any atom is 0.408 e. The van der Waals surface area contributed by atoms with Gasteiger partial charge in [0.1, 0.15) is 25.1 Å². The van der Waals surface area contributed by atoms with Crippen LogP contribution in [0.3, 0.4) is 0 Å². The van der Waals surface area contributed by atoms with Gasteiger partial charge in [-0.2, -0.15) is 13.2 Å². The van der Waals surface area contributed by atoms with Crippen LogP contribution in [-0.2, 0) is 37.7 Å². The second-order valence-electron chi connectivity index (χ2n) is 10.1. The molecule has 2 aromatic carbocycles. The predicted octanol–water partition coefficient (Wildman–Crippen LogP) is 3.98. The van der Waals surface area contributed by atoms with Crippen molar-refractivity contribution in [3.05, 3.63) is 89.5 Å². The van der Waals surface area contributed by atoms with E-state index in [2.05, 4.69) is 15.6 Å². The summed E-state index contributed by atoms with van der Waals surface area (Å²) in [5.74, 6) is -3.10. The third-order valence-corrected chi connectivity index (χ3v) is 7.28. The Balaban J connectivity index is 1.31. The molecule has 0 saturated carbocycles. The number of halogens is 4. The van der Waals surface area contributed by atoms with E-state index in [1.54, 1.807) is 18.3 Å². The van der Waals surface area contributed by atoms with Gasteiger partial charge >= 0.3 is 12.2 Å². The highest BCUT2D eigenvalue weighted by Crippen LogP contribution is 2.43. The number of Topliss-reactive ketones (excluding diaryl/α,β-unsaturated/α-hetero) is 1. The van der Waals surface area contributed by atoms with Crippen molar-refractivity contribution in [2.45, 2.75) is 37.7 Å². The van der Waals surface area contributed by atoms with Crippen LogP contribution in [0, 0.1) is 5.82 Å². The molecule has 2 N–H and O–H groups in total. The van der Waals surface area contributed by atoms with Gasteiger partial charge in [0.15, 0.2) is 5.78 Å². The van der Waals surface area contributed by atoms with Gasteiger partial charge in [-0.1, -0.05) is 18.2 Å². The second-order valence-corrected chi connectivity index (χ2v) is 10.1. The lowest BCUT2D eigenvalue weighted by Crippen LogP contribution is -2.51. The zero-order valence-corrected chi connectivity index (χ0v) is 22.7. The molecule has 1 aliphatic heterocycles. The number of pyridine rings is 1. The van der Waals surface area contributed by atoms with E-state index in [-0.39, 0.29) is 17.5 Å². The van der Waals surface area contributed by atoms with Crippen LogP contribution in [0.2, 0.25) is 0 Å². The molecule has 5 rings (SSSR count). The van der Waals surface area contributed by atoms with E-state index >= 15 is 0 Å². The molecule has 2 heterocycles. The van der Waals surface area contributed by atoms with Crippen molar-refractivity contribution >= 4 is 35.0 Å². The van der Waals surface area contributed by atoms with E-state index in [9.17, 15) is 36.7 Å². The zero-order chi connectivity index (χ0) is 30.9. The fourth-order valence-corrected chi connectivity index (χ4v) is 5.03. The fourth-order valence-electron chi connectivity index (χ4n) is 5.03. The Labute approximate surface area is 242 Å². The molecule has 3 aromatic rings. The molecule has 1 unspecified atom stereocenters. The van der Waals surface area contributed by atoms with Crippen LogP contribution in [0.15, 0.2) is 67.0 Å². The van der Waals surface area contributed by atoms with Gasteiger partial charge in [-0.25, -0.2) is 9.18 Å². The highest BCUT2D eigenvalue weighted by Gasteiger charge is 2.59. The number of benzene rings is 2. The number of nitrogens with one attached hydrogen (secondary N) is 2. The van der Waals surface area contributed by atoms with E-state index < -0.39 is 67.1 Å². The van der Waals surface area contributed by atoms with Crippen molar-refractivity contribution < 1.29 is 41.5 Å². The first-order valence-corrected chi connectivity index (χ1v) is 13.1. The van der Waals surface area contributed by atoms with Gasteiger partial charge in [0.2, 0.25) is 11.5 Å². The van der Waals surface area contributed by atoms with E-state index in [1.165, 1.54) is 36.5 Å². The van der Waals surface area contributed by atoms with Crippen LogP contribution in [-0.4, -0.2) is 63.9 Å². The van der Waals surface area contributed by atoms with Crippen molar-refractivity contribution in [2.75, 3.05) is 23.9 Å². The van der Waals surface area contributed by atoms with Gasteiger partial charge in [0, 0.05) is 30.4 Å². The van der Waals surface area contributed by atoms with Gasteiger partial charge in [-0.3, -0.25) is 19.4 Å². The van der Waals surface area contributed by atoms with Gasteiger partial charge in [0.05, 0.1) is 11.9 Å². The van der Waals surface area contributed by atoms with Crippen LogP contribution >= 0.6 is 0 Å². The molecular formula is C29H25F4N5O5. The van der Waals surface area contributed by atoms with Crippen LogP contribution in [0.1, 0.15) is 23.6 Å². The van der Waals surface area contributed by atoms with Crippen molar-refractivity contribution in [3.8, 4) is 0 Å². The molecule has 0 bridgehead atoms. The lowest BCUT2D eigenvalue weighted by atomic mass is 9.94. The maximum atomic E-state index is 13.7. The van der Waals surface area contributed by atoms with E-state index in [1.807, 2.05) is 0 Å². The van der Waals surface area contributed by atoms with Crippen molar-refractivity contribution in [2.24, 2.45) is 0 Å². The lowest BCUT2D eigenvalue weighted by molar-refractivity contribution is -0.187. The van der Waals surface area contributed by atoms with Crippen molar-refractivity contribution in [1.82, 2.24) is 14.8 Å². The summed E-state index contributed by atoms with van der Waals surface area (Å²) in [4.78, 5) is 57.6. The van der Waals surface area contributed by atoms with Crippen LogP contribution in [0.4, 0.5) is 33.7 Å². The number of carbonyl (C=O) groups excluding carboxylic acids is 4. The Morgan fingerprint density at radius 1 is 1.09 bits per heavy atom. The molecule has 10 nitrogen and oxygen atoms in total. The zero-order valence-electron chi connectivity index (χ0n) is 22.7. The molecule has 224 valence electrons. The monoisotopic (exact) mass is 599 g/mol. The SMILES string of the molecule is CC(N(Cc1ccc(F)cc1)C(=O)CN1CO[C@]2(C(=O)Cc3cc(NC(=O)Nc4cccnc4)ccc32)C1=O)C(F)(F)F. The summed E-state index contributed by atoms with van der Waals surface area (Å²) in [5, 5.41) is 5.23. The first-order valence-electron chi connectivity index (χ1n) is 13.1. The summed E-state index contributed by atoms with van der Waals surface area (Å²) < 4.78 is 60.0. The summed E-state index contributed by atoms with van der Waals surface area (Å²) in [6.45, 7) is -0.961. The predicted molar refractivity (Wildman–Crippen MR) is 144 cm³/mol. The normalized spacial score (nSPS) is 18.5. The Morgan fingerprint density at radius 3 is 2.49 bits per heavy atom. The Hall–Kier alpha value is -4.85. The fraction of sp³-hybridized carbons (Fsp3) is 0.276. The van der Waals surface area contributed by atoms with Crippen molar-refractivity contribution in [1.29, 1.82) is 0 Å². The number of ketones is 1. The topological polar surface area (TPSA) is 121 Å². The second kappa shape index (κ2) is 11.4. The number of ether oxygens (including phenoxy) is 1. The molecule has 2 aliphatic rings. The third kappa shape index (κ3) is 5.91. The first-order chi connectivity index (χ1) is 20.4. The molecule has 1 spiro atoms. The highest BCUT2D eigenvalue weighted by atomic mass is 19.4. The summed E-state index contributed by atoms with van der Waals surface area (Å²) in [6.07, 6.45) is -1.98. The first kappa shape index (κ1) is 29.6. The lowest BCUT2D eigenvalue weighted by Gasteiger charge is -2.32. The average Bonchev–Trinajstić information content (AvgIpc) is 3.43. The van der Waals surface area contributed by atoms with E-state index in [0.29, 0.717) is 21.8 Å². The number of anilines is 2. The Kier molecular flexibility index (Phi) is 7.88. The molecule has 2 atom stereocenters. The number of hydrogen-bond acceptors (Lipinski definition) is 6. The number of rotatable bonds is 7. The van der Waals surface area contributed by atoms with Crippen molar-refractivity contribution in [3.63, 3.8) is 0 Å². The number of carbonyl (C=O) groups is 4. The van der Waals surface area contributed by atoms with Gasteiger partial charge < -0.3 is 25.2 Å². The summed E-state index contributed by atoms with van der Waals surface area (Å²) >= 11 is 0. The number of alkyl halides is 3. The van der Waals surface area contributed by atoms with Gasteiger partial charge in [-0.15, -0.1) is 0 Å². The Bertz CT molecular complexity index is 1570. The number of urea groups is 1. The number of fused-ring (bicyclic) bond motifs is 2. The summed E-state index contributed by atoms with van der Waals surface area (Å²) in [5.41, 5.74) is -0.374. The highest BCUT2D eigenvalue weighted by molar-refractivity contribution is 6.15. The molecule has 14 heteroatoms. The molecule has 1 aromatic heterocycles. The van der Waals surface area contributed by atoms with Gasteiger partial charge in [0.25, 0.3) is 5.91 Å². The van der Waals surface area contributed by atoms with Crippen LogP contribution in [0.5, 0.6) is 0 Å². The number of aromatic nitrogens is 1. The quantitative estimate of drug-likeness (QED) is 0.313. The molecular weight excluding hydrogens is 574 g/mol. The largest absolute Gasteiger partial charge is 0.408 e. The van der Waals surface area contributed by atoms with E-state index in [4.69, 9.17) is 4.74 Å². The molecule has 43 heavy (non-hydrogen) atoms.